The van der Waals surface area contributed by atoms with E-state index in [1.807, 2.05) is 17.8 Å². The van der Waals surface area contributed by atoms with Gasteiger partial charge in [-0.3, -0.25) is 0 Å². The van der Waals surface area contributed by atoms with Crippen LogP contribution in [0.15, 0.2) is 41.2 Å². The summed E-state index contributed by atoms with van der Waals surface area (Å²) in [4.78, 5) is 20.7. The Kier molecular flexibility index (Phi) is 5.02. The number of aromatic nitrogens is 4. The molecule has 10 heteroatoms. The number of rotatable bonds is 5. The number of hydrogen-bond donors (Lipinski definition) is 2. The second-order valence-corrected chi connectivity index (χ2v) is 6.41. The van der Waals surface area contributed by atoms with E-state index >= 15 is 0 Å². The minimum Gasteiger partial charge on any atom is -0.368 e. The Labute approximate surface area is 159 Å². The molecule has 28 heavy (non-hydrogen) atoms. The van der Waals surface area contributed by atoms with E-state index in [2.05, 4.69) is 25.8 Å². The number of carbonyl (C=O) groups is 1. The molecule has 146 valence electrons. The van der Waals surface area contributed by atoms with Gasteiger partial charge in [0.05, 0.1) is 18.2 Å². The Bertz CT molecular complexity index is 972. The Morgan fingerprint density at radius 1 is 1.39 bits per heavy atom. The van der Waals surface area contributed by atoms with E-state index in [1.54, 1.807) is 24.4 Å². The van der Waals surface area contributed by atoms with Crippen molar-refractivity contribution in [3.63, 3.8) is 0 Å². The molecular formula is C18H19FN6O3. The van der Waals surface area contributed by atoms with Crippen molar-refractivity contribution in [1.82, 2.24) is 30.3 Å². The fraction of sp³-hybridized carbons (Fsp3) is 0.333. The lowest BCUT2D eigenvalue weighted by Crippen LogP contribution is -2.43. The Morgan fingerprint density at radius 3 is 3.04 bits per heavy atom. The number of halogens is 1. The molecule has 2 N–H and O–H groups in total. The summed E-state index contributed by atoms with van der Waals surface area (Å²) in [5.74, 6) is 0.617. The molecule has 9 nitrogen and oxygen atoms in total. The van der Waals surface area contributed by atoms with Gasteiger partial charge in [0.15, 0.2) is 5.82 Å². The first kappa shape index (κ1) is 18.1. The second kappa shape index (κ2) is 7.77. The average Bonchev–Trinajstić information content (AvgIpc) is 3.41. The van der Waals surface area contributed by atoms with Crippen LogP contribution < -0.4 is 10.6 Å². The molecule has 2 atom stereocenters. The lowest BCUT2D eigenvalue weighted by atomic mass is 10.1. The largest absolute Gasteiger partial charge is 0.368 e. The minimum absolute atomic E-state index is 0.0461. The van der Waals surface area contributed by atoms with Crippen LogP contribution in [-0.4, -0.2) is 38.4 Å². The molecule has 0 bridgehead atoms. The van der Waals surface area contributed by atoms with Gasteiger partial charge in [-0.05, 0) is 18.6 Å². The smallest absolute Gasteiger partial charge is 0.315 e. The molecule has 0 saturated carbocycles. The molecule has 0 unspecified atom stereocenters. The number of imidazole rings is 1. The van der Waals surface area contributed by atoms with Crippen LogP contribution in [0.3, 0.4) is 0 Å². The van der Waals surface area contributed by atoms with Crippen LogP contribution in [0, 0.1) is 5.82 Å². The van der Waals surface area contributed by atoms with E-state index in [0.29, 0.717) is 13.0 Å². The van der Waals surface area contributed by atoms with Crippen LogP contribution in [-0.2, 0) is 18.3 Å². The maximum absolute atomic E-state index is 13.8. The minimum atomic E-state index is -0.454. The maximum Gasteiger partial charge on any atom is 0.315 e. The van der Waals surface area contributed by atoms with Crippen LogP contribution in [0.1, 0.15) is 24.2 Å². The van der Waals surface area contributed by atoms with Crippen LogP contribution >= 0.6 is 0 Å². The van der Waals surface area contributed by atoms with Crippen molar-refractivity contribution >= 4 is 6.03 Å². The first-order chi connectivity index (χ1) is 13.6. The van der Waals surface area contributed by atoms with Crippen molar-refractivity contribution < 1.29 is 18.4 Å². The van der Waals surface area contributed by atoms with E-state index < -0.39 is 5.82 Å². The Hall–Kier alpha value is -3.27. The molecule has 1 aliphatic rings. The van der Waals surface area contributed by atoms with Gasteiger partial charge in [0.1, 0.15) is 17.7 Å². The highest BCUT2D eigenvalue weighted by atomic mass is 19.1. The normalized spacial score (nSPS) is 18.9. The molecule has 1 aromatic carbocycles. The number of hydrogen-bond acceptors (Lipinski definition) is 6. The van der Waals surface area contributed by atoms with Gasteiger partial charge < -0.3 is 24.5 Å². The standard InChI is InChI=1S/C18H19FN6O3/c1-25-8-7-20-16(25)15-13(6-9-27-15)22-18(26)21-10-14-23-17(28-24-14)11-4-2-3-5-12(11)19/h2-5,7-8,13,15H,6,9-10H2,1H3,(H2,21,22,26)/t13-,15-/m1/s1. The van der Waals surface area contributed by atoms with Crippen LogP contribution in [0.25, 0.3) is 11.5 Å². The third-order valence-corrected chi connectivity index (χ3v) is 4.50. The molecule has 1 saturated heterocycles. The Morgan fingerprint density at radius 2 is 2.25 bits per heavy atom. The van der Waals surface area contributed by atoms with Crippen molar-refractivity contribution in [2.24, 2.45) is 7.05 Å². The molecule has 4 rings (SSSR count). The highest BCUT2D eigenvalue weighted by Gasteiger charge is 2.33. The van der Waals surface area contributed by atoms with Gasteiger partial charge >= 0.3 is 6.03 Å². The van der Waals surface area contributed by atoms with Crippen molar-refractivity contribution in [3.8, 4) is 11.5 Å². The van der Waals surface area contributed by atoms with Crippen LogP contribution in [0.4, 0.5) is 9.18 Å². The summed E-state index contributed by atoms with van der Waals surface area (Å²) in [7, 11) is 1.88. The zero-order valence-corrected chi connectivity index (χ0v) is 15.1. The summed E-state index contributed by atoms with van der Waals surface area (Å²) in [6.45, 7) is 0.587. The van der Waals surface area contributed by atoms with E-state index in [9.17, 15) is 9.18 Å². The number of nitrogens with zero attached hydrogens (tertiary/aromatic N) is 4. The topological polar surface area (TPSA) is 107 Å². The predicted octanol–water partition coefficient (Wildman–Crippen LogP) is 1.94. The summed E-state index contributed by atoms with van der Waals surface area (Å²) in [5.41, 5.74) is 0.215. The molecule has 0 aliphatic carbocycles. The lowest BCUT2D eigenvalue weighted by Gasteiger charge is -2.19. The predicted molar refractivity (Wildman–Crippen MR) is 95.4 cm³/mol. The van der Waals surface area contributed by atoms with Crippen molar-refractivity contribution in [2.75, 3.05) is 6.61 Å². The molecule has 3 aromatic rings. The molecule has 2 amide bonds. The quantitative estimate of drug-likeness (QED) is 0.694. The first-order valence-electron chi connectivity index (χ1n) is 8.82. The van der Waals surface area contributed by atoms with Crippen molar-refractivity contribution in [3.05, 3.63) is 54.1 Å². The molecular weight excluding hydrogens is 367 g/mol. The molecule has 0 spiro atoms. The highest BCUT2D eigenvalue weighted by Crippen LogP contribution is 2.27. The maximum atomic E-state index is 13.8. The lowest BCUT2D eigenvalue weighted by molar-refractivity contribution is 0.0908. The van der Waals surface area contributed by atoms with Crippen molar-refractivity contribution in [2.45, 2.75) is 25.1 Å². The summed E-state index contributed by atoms with van der Waals surface area (Å²) in [6.07, 6.45) is 3.91. The highest BCUT2D eigenvalue weighted by molar-refractivity contribution is 5.74. The van der Waals surface area contributed by atoms with Gasteiger partial charge in [0, 0.05) is 26.0 Å². The number of ether oxygens (including phenoxy) is 1. The summed E-state index contributed by atoms with van der Waals surface area (Å²) < 4.78 is 26.4. The van der Waals surface area contributed by atoms with Crippen LogP contribution in [0.5, 0.6) is 0 Å². The monoisotopic (exact) mass is 386 g/mol. The first-order valence-corrected chi connectivity index (χ1v) is 8.82. The average molecular weight is 386 g/mol. The van der Waals surface area contributed by atoms with Gasteiger partial charge in [-0.1, -0.05) is 17.3 Å². The number of benzene rings is 1. The summed E-state index contributed by atoms with van der Waals surface area (Å²) in [5, 5.41) is 9.33. The number of amides is 2. The zero-order valence-electron chi connectivity index (χ0n) is 15.1. The van der Waals surface area contributed by atoms with Crippen LogP contribution in [0.2, 0.25) is 0 Å². The van der Waals surface area contributed by atoms with Gasteiger partial charge in [-0.25, -0.2) is 14.2 Å². The molecule has 1 fully saturated rings. The van der Waals surface area contributed by atoms with Gasteiger partial charge in [-0.2, -0.15) is 4.98 Å². The molecule has 3 heterocycles. The van der Waals surface area contributed by atoms with E-state index in [1.165, 1.54) is 6.07 Å². The van der Waals surface area contributed by atoms with Crippen molar-refractivity contribution in [1.29, 1.82) is 0 Å². The molecule has 0 radical (unpaired) electrons. The number of urea groups is 1. The molecule has 2 aromatic heterocycles. The van der Waals surface area contributed by atoms with Gasteiger partial charge in [-0.15, -0.1) is 0 Å². The third kappa shape index (κ3) is 3.72. The zero-order chi connectivity index (χ0) is 19.5. The van der Waals surface area contributed by atoms with E-state index in [0.717, 1.165) is 5.82 Å². The molecule has 1 aliphatic heterocycles. The number of aryl methyl sites for hydroxylation is 1. The SMILES string of the molecule is Cn1ccnc1[C@@H]1OCC[C@H]1NC(=O)NCc1noc(-c2ccccc2F)n1. The number of carbonyl (C=O) groups excluding carboxylic acids is 1. The fourth-order valence-corrected chi connectivity index (χ4v) is 3.09. The summed E-state index contributed by atoms with van der Waals surface area (Å²) in [6, 6.07) is 5.53. The Balaban J connectivity index is 1.34. The van der Waals surface area contributed by atoms with Gasteiger partial charge in [0.25, 0.3) is 5.89 Å². The third-order valence-electron chi connectivity index (χ3n) is 4.50. The number of nitrogens with one attached hydrogen (secondary N) is 2. The van der Waals surface area contributed by atoms with E-state index in [-0.39, 0.29) is 42.0 Å². The van der Waals surface area contributed by atoms with Gasteiger partial charge in [0.2, 0.25) is 0 Å². The van der Waals surface area contributed by atoms with E-state index in [4.69, 9.17) is 9.26 Å². The second-order valence-electron chi connectivity index (χ2n) is 6.41. The summed E-state index contributed by atoms with van der Waals surface area (Å²) >= 11 is 0. The fourth-order valence-electron chi connectivity index (χ4n) is 3.09.